The predicted octanol–water partition coefficient (Wildman–Crippen LogP) is 2.87. The van der Waals surface area contributed by atoms with Crippen LogP contribution < -0.4 is 5.32 Å². The van der Waals surface area contributed by atoms with E-state index in [1.807, 2.05) is 6.92 Å². The summed E-state index contributed by atoms with van der Waals surface area (Å²) in [6.45, 7) is 5.16. The lowest BCUT2D eigenvalue weighted by Gasteiger charge is -2.28. The fourth-order valence-corrected chi connectivity index (χ4v) is 2.82. The van der Waals surface area contributed by atoms with Crippen molar-refractivity contribution in [3.8, 4) is 0 Å². The van der Waals surface area contributed by atoms with Gasteiger partial charge in [-0.3, -0.25) is 4.79 Å². The highest BCUT2D eigenvalue weighted by Gasteiger charge is 2.35. The molecule has 0 bridgehead atoms. The molecule has 1 amide bonds. The molecule has 1 aliphatic rings. The fraction of sp³-hybridized carbons (Fsp3) is 0.875. The number of hydrogen-bond donors (Lipinski definition) is 2. The quantitative estimate of drug-likeness (QED) is 0.709. The zero-order valence-electron chi connectivity index (χ0n) is 13.5. The van der Waals surface area contributed by atoms with Gasteiger partial charge in [0.05, 0.1) is 6.10 Å². The zero-order valence-corrected chi connectivity index (χ0v) is 13.5. The lowest BCUT2D eigenvalue weighted by molar-refractivity contribution is -0.150. The first-order valence-electron chi connectivity index (χ1n) is 8.10. The van der Waals surface area contributed by atoms with Crippen LogP contribution in [0.25, 0.3) is 0 Å². The van der Waals surface area contributed by atoms with Gasteiger partial charge in [0.15, 0.2) is 0 Å². The highest BCUT2D eigenvalue weighted by Crippen LogP contribution is 2.21. The lowest BCUT2D eigenvalue weighted by atomic mass is 9.96. The molecule has 122 valence electrons. The molecule has 1 saturated carbocycles. The predicted molar refractivity (Wildman–Crippen MR) is 81.1 cm³/mol. The van der Waals surface area contributed by atoms with Crippen LogP contribution in [-0.4, -0.2) is 34.7 Å². The summed E-state index contributed by atoms with van der Waals surface area (Å²) in [5.41, 5.74) is -1.22. The maximum absolute atomic E-state index is 12.2. The number of amides is 1. The number of rotatable bonds is 7. The molecule has 2 atom stereocenters. The monoisotopic (exact) mass is 299 g/mol. The fourth-order valence-electron chi connectivity index (χ4n) is 2.82. The number of carbonyl (C=O) groups excluding carboxylic acids is 1. The highest BCUT2D eigenvalue weighted by molar-refractivity contribution is 5.88. The van der Waals surface area contributed by atoms with Gasteiger partial charge in [-0.05, 0) is 33.1 Å². The minimum Gasteiger partial charge on any atom is -0.480 e. The van der Waals surface area contributed by atoms with Crippen molar-refractivity contribution in [3.63, 3.8) is 0 Å². The molecule has 0 heterocycles. The number of nitrogens with one attached hydrogen (secondary N) is 1. The van der Waals surface area contributed by atoms with Gasteiger partial charge >= 0.3 is 5.97 Å². The van der Waals surface area contributed by atoms with Gasteiger partial charge < -0.3 is 15.2 Å². The van der Waals surface area contributed by atoms with Crippen molar-refractivity contribution in [2.75, 3.05) is 0 Å². The molecular weight excluding hydrogens is 270 g/mol. The maximum Gasteiger partial charge on any atom is 0.329 e. The molecule has 0 saturated heterocycles. The Hall–Kier alpha value is -1.10. The van der Waals surface area contributed by atoms with Crippen LogP contribution in [0.4, 0.5) is 0 Å². The third kappa shape index (κ3) is 5.65. The number of carboxylic acids is 1. The van der Waals surface area contributed by atoms with E-state index < -0.39 is 17.6 Å². The Morgan fingerprint density at radius 1 is 1.29 bits per heavy atom. The van der Waals surface area contributed by atoms with Gasteiger partial charge in [0.25, 0.3) is 0 Å². The molecule has 5 nitrogen and oxygen atoms in total. The summed E-state index contributed by atoms with van der Waals surface area (Å²) in [6, 6.07) is 0. The van der Waals surface area contributed by atoms with E-state index in [4.69, 9.17) is 4.74 Å². The minimum absolute atomic E-state index is 0.121. The first kappa shape index (κ1) is 18.0. The summed E-state index contributed by atoms with van der Waals surface area (Å²) in [4.78, 5) is 23.5. The molecule has 0 radical (unpaired) electrons. The van der Waals surface area contributed by atoms with Crippen molar-refractivity contribution in [1.29, 1.82) is 0 Å². The smallest absolute Gasteiger partial charge is 0.329 e. The number of carboxylic acid groups (broad SMARTS) is 1. The highest BCUT2D eigenvalue weighted by atomic mass is 16.5. The summed E-state index contributed by atoms with van der Waals surface area (Å²) < 4.78 is 5.83. The van der Waals surface area contributed by atoms with E-state index in [1.165, 1.54) is 12.8 Å². The summed E-state index contributed by atoms with van der Waals surface area (Å²) in [6.07, 6.45) is 7.33. The molecule has 0 aromatic rings. The second-order valence-corrected chi connectivity index (χ2v) is 6.27. The molecule has 5 heteroatoms. The normalized spacial score (nSPS) is 21.1. The number of carbonyl (C=O) groups is 2. The SMILES string of the molecule is CCCC(C)(NC(=O)C(C)OC1CCCCCC1)C(=O)O. The maximum atomic E-state index is 12.2. The van der Waals surface area contributed by atoms with Crippen molar-refractivity contribution in [3.05, 3.63) is 0 Å². The molecule has 2 unspecified atom stereocenters. The van der Waals surface area contributed by atoms with Crippen LogP contribution in [-0.2, 0) is 14.3 Å². The molecular formula is C16H29NO4. The number of hydrogen-bond acceptors (Lipinski definition) is 3. The van der Waals surface area contributed by atoms with E-state index in [9.17, 15) is 14.7 Å². The van der Waals surface area contributed by atoms with Crippen LogP contribution in [0.3, 0.4) is 0 Å². The summed E-state index contributed by atoms with van der Waals surface area (Å²) in [5, 5.41) is 11.9. The van der Waals surface area contributed by atoms with Crippen LogP contribution in [0.5, 0.6) is 0 Å². The largest absolute Gasteiger partial charge is 0.480 e. The van der Waals surface area contributed by atoms with Gasteiger partial charge in [-0.15, -0.1) is 0 Å². The van der Waals surface area contributed by atoms with Gasteiger partial charge in [0.2, 0.25) is 5.91 Å². The van der Waals surface area contributed by atoms with Crippen LogP contribution in [0, 0.1) is 0 Å². The van der Waals surface area contributed by atoms with Crippen molar-refractivity contribution in [1.82, 2.24) is 5.32 Å². The third-order valence-corrected chi connectivity index (χ3v) is 4.19. The van der Waals surface area contributed by atoms with E-state index in [-0.39, 0.29) is 12.0 Å². The number of ether oxygens (including phenoxy) is 1. The molecule has 1 rings (SSSR count). The summed E-state index contributed by atoms with van der Waals surface area (Å²) in [5.74, 6) is -1.34. The van der Waals surface area contributed by atoms with Crippen molar-refractivity contribution in [2.24, 2.45) is 0 Å². The van der Waals surface area contributed by atoms with Crippen LogP contribution in [0.1, 0.15) is 72.1 Å². The van der Waals surface area contributed by atoms with Gasteiger partial charge in [-0.2, -0.15) is 0 Å². The molecule has 0 aromatic heterocycles. The molecule has 0 aromatic carbocycles. The molecule has 1 aliphatic carbocycles. The molecule has 0 spiro atoms. The topological polar surface area (TPSA) is 75.6 Å². The Morgan fingerprint density at radius 3 is 2.33 bits per heavy atom. The molecule has 21 heavy (non-hydrogen) atoms. The number of aliphatic carboxylic acids is 1. The van der Waals surface area contributed by atoms with E-state index in [0.717, 1.165) is 25.7 Å². The van der Waals surface area contributed by atoms with E-state index in [1.54, 1.807) is 13.8 Å². The molecule has 2 N–H and O–H groups in total. The van der Waals surface area contributed by atoms with Crippen molar-refractivity contribution >= 4 is 11.9 Å². The van der Waals surface area contributed by atoms with Crippen LogP contribution in [0.15, 0.2) is 0 Å². The Labute approximate surface area is 127 Å². The third-order valence-electron chi connectivity index (χ3n) is 4.19. The average Bonchev–Trinajstić information content (AvgIpc) is 2.67. The minimum atomic E-state index is -1.22. The van der Waals surface area contributed by atoms with E-state index >= 15 is 0 Å². The molecule has 0 aliphatic heterocycles. The van der Waals surface area contributed by atoms with E-state index in [0.29, 0.717) is 12.8 Å². The Bertz CT molecular complexity index is 350. The standard InChI is InChI=1S/C16H29NO4/c1-4-11-16(3,15(19)20)17-14(18)12(2)21-13-9-7-5-6-8-10-13/h12-13H,4-11H2,1-3H3,(H,17,18)(H,19,20). The van der Waals surface area contributed by atoms with Gasteiger partial charge in [0, 0.05) is 0 Å². The Morgan fingerprint density at radius 2 is 1.86 bits per heavy atom. The van der Waals surface area contributed by atoms with Crippen LogP contribution in [0.2, 0.25) is 0 Å². The van der Waals surface area contributed by atoms with Crippen molar-refractivity contribution < 1.29 is 19.4 Å². The lowest BCUT2D eigenvalue weighted by Crippen LogP contribution is -2.55. The summed E-state index contributed by atoms with van der Waals surface area (Å²) in [7, 11) is 0. The van der Waals surface area contributed by atoms with Gasteiger partial charge in [-0.1, -0.05) is 39.0 Å². The van der Waals surface area contributed by atoms with Crippen LogP contribution >= 0.6 is 0 Å². The van der Waals surface area contributed by atoms with Crippen molar-refractivity contribution in [2.45, 2.75) is 89.9 Å². The second kappa shape index (κ2) is 8.37. The average molecular weight is 299 g/mol. The second-order valence-electron chi connectivity index (χ2n) is 6.27. The Balaban J connectivity index is 2.54. The Kier molecular flexibility index (Phi) is 7.15. The first-order chi connectivity index (χ1) is 9.89. The zero-order chi connectivity index (χ0) is 15.9. The first-order valence-corrected chi connectivity index (χ1v) is 8.10. The van der Waals surface area contributed by atoms with Gasteiger partial charge in [0.1, 0.15) is 11.6 Å². The van der Waals surface area contributed by atoms with E-state index in [2.05, 4.69) is 5.32 Å². The molecule has 1 fully saturated rings. The van der Waals surface area contributed by atoms with Gasteiger partial charge in [-0.25, -0.2) is 4.79 Å². The summed E-state index contributed by atoms with van der Waals surface area (Å²) >= 11 is 0.